The third-order valence-electron chi connectivity index (χ3n) is 3.82. The molecule has 0 amide bonds. The molecule has 0 radical (unpaired) electrons. The molecule has 2 heteroatoms. The minimum atomic E-state index is 0.0497. The molecular formula is C15H16O2. The average Bonchev–Trinajstić information content (AvgIpc) is 3.18. The molecule has 2 nitrogen and oxygen atoms in total. The lowest BCUT2D eigenvalue weighted by molar-refractivity contribution is 0.255. The van der Waals surface area contributed by atoms with Crippen LogP contribution in [0.15, 0.2) is 36.4 Å². The second kappa shape index (κ2) is 3.74. The van der Waals surface area contributed by atoms with Gasteiger partial charge in [-0.3, -0.25) is 0 Å². The van der Waals surface area contributed by atoms with Crippen molar-refractivity contribution in [3.8, 4) is 5.75 Å². The van der Waals surface area contributed by atoms with E-state index in [2.05, 4.69) is 24.3 Å². The Morgan fingerprint density at radius 3 is 2.47 bits per heavy atom. The van der Waals surface area contributed by atoms with Crippen molar-refractivity contribution in [1.82, 2.24) is 0 Å². The van der Waals surface area contributed by atoms with E-state index in [0.29, 0.717) is 0 Å². The van der Waals surface area contributed by atoms with Crippen molar-refractivity contribution >= 4 is 10.8 Å². The van der Waals surface area contributed by atoms with Crippen LogP contribution in [-0.2, 0) is 5.41 Å². The Labute approximate surface area is 101 Å². The van der Waals surface area contributed by atoms with E-state index in [1.54, 1.807) is 7.11 Å². The van der Waals surface area contributed by atoms with Crippen LogP contribution in [0.1, 0.15) is 18.4 Å². The summed E-state index contributed by atoms with van der Waals surface area (Å²) >= 11 is 0. The van der Waals surface area contributed by atoms with E-state index >= 15 is 0 Å². The highest BCUT2D eigenvalue weighted by molar-refractivity contribution is 5.84. The second-order valence-electron chi connectivity index (χ2n) is 4.87. The van der Waals surface area contributed by atoms with Crippen molar-refractivity contribution in [2.24, 2.45) is 0 Å². The zero-order valence-electron chi connectivity index (χ0n) is 9.94. The number of aliphatic hydroxyl groups excluding tert-OH is 1. The third-order valence-corrected chi connectivity index (χ3v) is 3.82. The molecule has 3 rings (SSSR count). The molecule has 1 aliphatic rings. The number of rotatable bonds is 3. The molecular weight excluding hydrogens is 212 g/mol. The highest BCUT2D eigenvalue weighted by atomic mass is 16.5. The molecule has 0 aromatic heterocycles. The van der Waals surface area contributed by atoms with Gasteiger partial charge in [-0.2, -0.15) is 0 Å². The Bertz CT molecular complexity index is 556. The molecule has 17 heavy (non-hydrogen) atoms. The first-order chi connectivity index (χ1) is 8.27. The summed E-state index contributed by atoms with van der Waals surface area (Å²) in [5.41, 5.74) is 1.31. The van der Waals surface area contributed by atoms with Crippen molar-refractivity contribution in [3.05, 3.63) is 42.0 Å². The van der Waals surface area contributed by atoms with Gasteiger partial charge in [-0.1, -0.05) is 24.3 Å². The summed E-state index contributed by atoms with van der Waals surface area (Å²) in [5, 5.41) is 11.8. The van der Waals surface area contributed by atoms with E-state index in [0.717, 1.165) is 18.6 Å². The molecule has 2 aromatic carbocycles. The first kappa shape index (κ1) is 10.6. The lowest BCUT2D eigenvalue weighted by Gasteiger charge is -2.13. The lowest BCUT2D eigenvalue weighted by atomic mass is 9.94. The predicted molar refractivity (Wildman–Crippen MR) is 68.5 cm³/mol. The van der Waals surface area contributed by atoms with Gasteiger partial charge in [0.05, 0.1) is 13.7 Å². The standard InChI is InChI=1S/C15H16O2/c1-17-14-5-3-11-8-13(4-2-12(11)9-14)15(10-16)6-7-15/h2-5,8-9,16H,6-7,10H2,1H3. The maximum absolute atomic E-state index is 9.44. The molecule has 0 saturated heterocycles. The zero-order chi connectivity index (χ0) is 11.9. The van der Waals surface area contributed by atoms with E-state index in [-0.39, 0.29) is 12.0 Å². The Balaban J connectivity index is 2.08. The van der Waals surface area contributed by atoms with Gasteiger partial charge in [-0.05, 0) is 41.3 Å². The van der Waals surface area contributed by atoms with Crippen LogP contribution >= 0.6 is 0 Å². The van der Waals surface area contributed by atoms with Crippen LogP contribution in [0.25, 0.3) is 10.8 Å². The topological polar surface area (TPSA) is 29.5 Å². The average molecular weight is 228 g/mol. The summed E-state index contributed by atoms with van der Waals surface area (Å²) in [6.45, 7) is 0.259. The molecule has 0 heterocycles. The fraction of sp³-hybridized carbons (Fsp3) is 0.333. The Hall–Kier alpha value is -1.54. The van der Waals surface area contributed by atoms with Crippen molar-refractivity contribution in [2.45, 2.75) is 18.3 Å². The predicted octanol–water partition coefficient (Wildman–Crippen LogP) is 2.87. The smallest absolute Gasteiger partial charge is 0.119 e. The van der Waals surface area contributed by atoms with Crippen molar-refractivity contribution in [1.29, 1.82) is 0 Å². The molecule has 0 unspecified atom stereocenters. The number of methoxy groups -OCH3 is 1. The molecule has 0 aliphatic heterocycles. The molecule has 0 atom stereocenters. The Morgan fingerprint density at radius 2 is 1.82 bits per heavy atom. The quantitative estimate of drug-likeness (QED) is 0.875. The van der Waals surface area contributed by atoms with Gasteiger partial charge in [0.15, 0.2) is 0 Å². The summed E-state index contributed by atoms with van der Waals surface area (Å²) in [6, 6.07) is 12.5. The summed E-state index contributed by atoms with van der Waals surface area (Å²) in [5.74, 6) is 0.883. The van der Waals surface area contributed by atoms with E-state index in [1.165, 1.54) is 16.3 Å². The first-order valence-electron chi connectivity index (χ1n) is 5.97. The van der Waals surface area contributed by atoms with E-state index < -0.39 is 0 Å². The van der Waals surface area contributed by atoms with Crippen LogP contribution in [0.5, 0.6) is 5.75 Å². The van der Waals surface area contributed by atoms with E-state index in [9.17, 15) is 5.11 Å². The first-order valence-corrected chi connectivity index (χ1v) is 5.97. The molecule has 1 fully saturated rings. The number of ether oxygens (including phenoxy) is 1. The number of benzene rings is 2. The van der Waals surface area contributed by atoms with Gasteiger partial charge < -0.3 is 9.84 Å². The number of fused-ring (bicyclic) bond motifs is 1. The highest BCUT2D eigenvalue weighted by Gasteiger charge is 2.43. The van der Waals surface area contributed by atoms with E-state index in [4.69, 9.17) is 4.74 Å². The molecule has 0 spiro atoms. The minimum Gasteiger partial charge on any atom is -0.497 e. The monoisotopic (exact) mass is 228 g/mol. The molecule has 1 N–H and O–H groups in total. The van der Waals surface area contributed by atoms with Gasteiger partial charge in [0, 0.05) is 5.41 Å². The number of aliphatic hydroxyl groups is 1. The van der Waals surface area contributed by atoms with Gasteiger partial charge in [0.25, 0.3) is 0 Å². The summed E-state index contributed by atoms with van der Waals surface area (Å²) in [4.78, 5) is 0. The maximum atomic E-state index is 9.44. The van der Waals surface area contributed by atoms with Gasteiger partial charge >= 0.3 is 0 Å². The Morgan fingerprint density at radius 1 is 1.12 bits per heavy atom. The SMILES string of the molecule is COc1ccc2cc(C3(CO)CC3)ccc2c1. The number of hydrogen-bond donors (Lipinski definition) is 1. The lowest BCUT2D eigenvalue weighted by Crippen LogP contribution is -2.11. The summed E-state index contributed by atoms with van der Waals surface area (Å²) < 4.78 is 5.21. The highest BCUT2D eigenvalue weighted by Crippen LogP contribution is 2.48. The van der Waals surface area contributed by atoms with E-state index in [1.807, 2.05) is 12.1 Å². The van der Waals surface area contributed by atoms with Crippen LogP contribution in [0.4, 0.5) is 0 Å². The van der Waals surface area contributed by atoms with Crippen molar-refractivity contribution < 1.29 is 9.84 Å². The number of hydrogen-bond acceptors (Lipinski definition) is 2. The summed E-state index contributed by atoms with van der Waals surface area (Å²) in [6.07, 6.45) is 2.20. The van der Waals surface area contributed by atoms with Gasteiger partial charge in [0.2, 0.25) is 0 Å². The fourth-order valence-corrected chi connectivity index (χ4v) is 2.37. The molecule has 1 saturated carbocycles. The largest absolute Gasteiger partial charge is 0.497 e. The van der Waals surface area contributed by atoms with Gasteiger partial charge in [-0.15, -0.1) is 0 Å². The fourth-order valence-electron chi connectivity index (χ4n) is 2.37. The normalized spacial score (nSPS) is 17.1. The molecule has 0 bridgehead atoms. The maximum Gasteiger partial charge on any atom is 0.119 e. The summed E-state index contributed by atoms with van der Waals surface area (Å²) in [7, 11) is 1.68. The molecule has 1 aliphatic carbocycles. The van der Waals surface area contributed by atoms with Crippen molar-refractivity contribution in [3.63, 3.8) is 0 Å². The van der Waals surface area contributed by atoms with Gasteiger partial charge in [0.1, 0.15) is 5.75 Å². The van der Waals surface area contributed by atoms with Gasteiger partial charge in [-0.25, -0.2) is 0 Å². The minimum absolute atomic E-state index is 0.0497. The van der Waals surface area contributed by atoms with Crippen LogP contribution < -0.4 is 4.74 Å². The molecule has 88 valence electrons. The molecule has 2 aromatic rings. The third kappa shape index (κ3) is 1.69. The van der Waals surface area contributed by atoms with Crippen molar-refractivity contribution in [2.75, 3.05) is 13.7 Å². The van der Waals surface area contributed by atoms with Crippen LogP contribution in [0, 0.1) is 0 Å². The van der Waals surface area contributed by atoms with Crippen LogP contribution in [0.3, 0.4) is 0 Å². The van der Waals surface area contributed by atoms with Crippen LogP contribution in [0.2, 0.25) is 0 Å². The second-order valence-corrected chi connectivity index (χ2v) is 4.87. The zero-order valence-corrected chi connectivity index (χ0v) is 9.94. The Kier molecular flexibility index (Phi) is 2.33. The van der Waals surface area contributed by atoms with Crippen LogP contribution in [-0.4, -0.2) is 18.8 Å².